The summed E-state index contributed by atoms with van der Waals surface area (Å²) >= 11 is 5.80. The Labute approximate surface area is 114 Å². The fraction of sp³-hybridized carbons (Fsp3) is 0.333. The zero-order chi connectivity index (χ0) is 14.5. The number of phenols is 2. The van der Waals surface area contributed by atoms with Gasteiger partial charge in [-0.15, -0.1) is 0 Å². The molecule has 0 atom stereocenters. The van der Waals surface area contributed by atoms with E-state index >= 15 is 0 Å². The summed E-state index contributed by atoms with van der Waals surface area (Å²) < 4.78 is 0. The number of fused-ring (bicyclic) bond motifs is 1. The second-order valence-corrected chi connectivity index (χ2v) is 5.67. The Morgan fingerprint density at radius 1 is 1.21 bits per heavy atom. The molecule has 0 bridgehead atoms. The molecule has 0 saturated carbocycles. The average Bonchev–Trinajstić information content (AvgIpc) is 2.49. The van der Waals surface area contributed by atoms with Crippen LogP contribution in [0.3, 0.4) is 0 Å². The molecule has 0 aromatic heterocycles. The smallest absolute Gasteiger partial charge is 0.277 e. The number of nitrogens with one attached hydrogen (secondary N) is 1. The van der Waals surface area contributed by atoms with Crippen molar-refractivity contribution in [3.05, 3.63) is 22.2 Å². The van der Waals surface area contributed by atoms with Crippen molar-refractivity contribution in [2.24, 2.45) is 0 Å². The van der Waals surface area contributed by atoms with Crippen molar-refractivity contribution in [2.45, 2.75) is 26.3 Å². The maximum Gasteiger partial charge on any atom is 0.277 e. The topological polar surface area (TPSA) is 89.9 Å². The minimum Gasteiger partial charge on any atom is -0.504 e. The summed E-state index contributed by atoms with van der Waals surface area (Å²) in [5, 5.41) is 19.5. The molecule has 0 radical (unpaired) electrons. The monoisotopic (exact) mass is 284 g/mol. The molecule has 0 spiro atoms. The van der Waals surface area contributed by atoms with E-state index in [1.807, 2.05) is 0 Å². The summed E-state index contributed by atoms with van der Waals surface area (Å²) in [5.74, 6) is -2.43. The highest BCUT2D eigenvalue weighted by Gasteiger charge is 2.41. The van der Waals surface area contributed by atoms with Gasteiger partial charge in [-0.2, -0.15) is 0 Å². The van der Waals surface area contributed by atoms with Crippen molar-refractivity contribution in [3.63, 3.8) is 0 Å². The Morgan fingerprint density at radius 3 is 2.32 bits per heavy atom. The summed E-state index contributed by atoms with van der Waals surface area (Å²) in [4.78, 5) is 24.2. The van der Waals surface area contributed by atoms with E-state index in [2.05, 4.69) is 5.43 Å². The first-order chi connectivity index (χ1) is 8.63. The van der Waals surface area contributed by atoms with E-state index in [1.54, 1.807) is 20.8 Å². The van der Waals surface area contributed by atoms with E-state index in [0.717, 1.165) is 11.1 Å². The summed E-state index contributed by atoms with van der Waals surface area (Å²) in [5.41, 5.74) is 2.08. The molecule has 1 heterocycles. The number of halogens is 1. The third kappa shape index (κ3) is 2.13. The number of hydrogen-bond donors (Lipinski definition) is 3. The zero-order valence-corrected chi connectivity index (χ0v) is 11.4. The van der Waals surface area contributed by atoms with Crippen molar-refractivity contribution in [1.82, 2.24) is 10.4 Å². The Kier molecular flexibility index (Phi) is 2.95. The molecule has 3 N–H and O–H groups in total. The van der Waals surface area contributed by atoms with E-state index in [4.69, 9.17) is 11.6 Å². The highest BCUT2D eigenvalue weighted by Crippen LogP contribution is 2.41. The standard InChI is InChI=1S/C12H13ClN2O4/c1-12(2,3)14-15-10(18)5-4-6(16)9(17)8(13)7(5)11(15)19/h4,14,16-17H,1-3H3. The van der Waals surface area contributed by atoms with Crippen LogP contribution in [0.4, 0.5) is 0 Å². The second-order valence-electron chi connectivity index (χ2n) is 5.29. The summed E-state index contributed by atoms with van der Waals surface area (Å²) in [6.07, 6.45) is 0. The van der Waals surface area contributed by atoms with Crippen molar-refractivity contribution in [1.29, 1.82) is 0 Å². The lowest BCUT2D eigenvalue weighted by atomic mass is 10.1. The van der Waals surface area contributed by atoms with Crippen molar-refractivity contribution in [3.8, 4) is 11.5 Å². The van der Waals surface area contributed by atoms with Gasteiger partial charge in [0.2, 0.25) is 0 Å². The van der Waals surface area contributed by atoms with Crippen LogP contribution < -0.4 is 5.43 Å². The van der Waals surface area contributed by atoms with Gasteiger partial charge in [-0.05, 0) is 26.8 Å². The number of benzene rings is 1. The van der Waals surface area contributed by atoms with Gasteiger partial charge in [-0.3, -0.25) is 9.59 Å². The second kappa shape index (κ2) is 4.11. The normalized spacial score (nSPS) is 15.1. The Morgan fingerprint density at radius 2 is 1.79 bits per heavy atom. The zero-order valence-electron chi connectivity index (χ0n) is 10.6. The number of aromatic hydroxyl groups is 2. The van der Waals surface area contributed by atoms with Crippen molar-refractivity contribution >= 4 is 23.4 Å². The molecule has 2 amide bonds. The Balaban J connectivity index is 2.54. The average molecular weight is 285 g/mol. The molecule has 19 heavy (non-hydrogen) atoms. The molecule has 7 heteroatoms. The molecule has 102 valence electrons. The van der Waals surface area contributed by atoms with Crippen LogP contribution in [0.5, 0.6) is 11.5 Å². The number of carbonyl (C=O) groups is 2. The van der Waals surface area contributed by atoms with Gasteiger partial charge in [0, 0.05) is 5.54 Å². The molecular formula is C12H13ClN2O4. The van der Waals surface area contributed by atoms with Crippen LogP contribution in [0, 0.1) is 0 Å². The maximum atomic E-state index is 12.1. The number of hydrogen-bond acceptors (Lipinski definition) is 5. The van der Waals surface area contributed by atoms with Crippen molar-refractivity contribution < 1.29 is 19.8 Å². The molecule has 6 nitrogen and oxygen atoms in total. The van der Waals surface area contributed by atoms with Crippen LogP contribution in [-0.4, -0.2) is 32.6 Å². The number of rotatable bonds is 1. The largest absolute Gasteiger partial charge is 0.504 e. The summed E-state index contributed by atoms with van der Waals surface area (Å²) in [6.45, 7) is 5.35. The highest BCUT2D eigenvalue weighted by molar-refractivity contribution is 6.38. The number of nitrogens with zero attached hydrogens (tertiary/aromatic N) is 1. The van der Waals surface area contributed by atoms with Gasteiger partial charge in [0.05, 0.1) is 16.1 Å². The molecule has 1 aliphatic heterocycles. The van der Waals surface area contributed by atoms with E-state index in [1.165, 1.54) is 0 Å². The van der Waals surface area contributed by atoms with Crippen molar-refractivity contribution in [2.75, 3.05) is 0 Å². The molecule has 1 aliphatic rings. The molecule has 0 fully saturated rings. The number of phenolic OH excluding ortho intramolecular Hbond substituents is 2. The Hall–Kier alpha value is -1.79. The van der Waals surface area contributed by atoms with Crippen LogP contribution in [0.15, 0.2) is 6.07 Å². The summed E-state index contributed by atoms with van der Waals surface area (Å²) in [6, 6.07) is 1.03. The van der Waals surface area contributed by atoms with Gasteiger partial charge < -0.3 is 10.2 Å². The van der Waals surface area contributed by atoms with Gasteiger partial charge in [0.1, 0.15) is 0 Å². The van der Waals surface area contributed by atoms with Crippen LogP contribution in [0.2, 0.25) is 5.02 Å². The van der Waals surface area contributed by atoms with E-state index < -0.39 is 28.9 Å². The van der Waals surface area contributed by atoms with E-state index in [9.17, 15) is 19.8 Å². The molecule has 0 aliphatic carbocycles. The molecule has 1 aromatic carbocycles. The van der Waals surface area contributed by atoms with Gasteiger partial charge in [0.25, 0.3) is 11.8 Å². The van der Waals surface area contributed by atoms with Crippen LogP contribution in [0.25, 0.3) is 0 Å². The maximum absolute atomic E-state index is 12.1. The minimum atomic E-state index is -0.657. The number of carbonyl (C=O) groups excluding carboxylic acids is 2. The fourth-order valence-electron chi connectivity index (χ4n) is 1.77. The lowest BCUT2D eigenvalue weighted by Gasteiger charge is -2.26. The molecule has 1 aromatic rings. The third-order valence-corrected chi connectivity index (χ3v) is 2.89. The predicted molar refractivity (Wildman–Crippen MR) is 68.2 cm³/mol. The molecule has 0 unspecified atom stereocenters. The molecular weight excluding hydrogens is 272 g/mol. The molecule has 2 rings (SSSR count). The number of hydrazine groups is 1. The predicted octanol–water partition coefficient (Wildman–Crippen LogP) is 1.65. The van der Waals surface area contributed by atoms with E-state index in [0.29, 0.717) is 0 Å². The van der Waals surface area contributed by atoms with E-state index in [-0.39, 0.29) is 16.1 Å². The van der Waals surface area contributed by atoms with Gasteiger partial charge >= 0.3 is 0 Å². The van der Waals surface area contributed by atoms with Crippen LogP contribution in [-0.2, 0) is 0 Å². The number of imide groups is 1. The first-order valence-electron chi connectivity index (χ1n) is 5.54. The van der Waals surface area contributed by atoms with Gasteiger partial charge in [0.15, 0.2) is 11.5 Å². The van der Waals surface area contributed by atoms with Gasteiger partial charge in [-0.25, -0.2) is 10.4 Å². The highest BCUT2D eigenvalue weighted by atomic mass is 35.5. The Bertz CT molecular complexity index is 592. The fourth-order valence-corrected chi connectivity index (χ4v) is 2.04. The van der Waals surface area contributed by atoms with Crippen LogP contribution >= 0.6 is 11.6 Å². The SMILES string of the molecule is CC(C)(C)NN1C(=O)c2cc(O)c(O)c(Cl)c2C1=O. The van der Waals surface area contributed by atoms with Gasteiger partial charge in [-0.1, -0.05) is 11.6 Å². The lowest BCUT2D eigenvalue weighted by Crippen LogP contribution is -2.51. The third-order valence-electron chi connectivity index (χ3n) is 2.52. The minimum absolute atomic E-state index is 0.0398. The quantitative estimate of drug-likeness (QED) is 0.539. The number of amides is 2. The molecule has 0 saturated heterocycles. The lowest BCUT2D eigenvalue weighted by molar-refractivity contribution is 0.0493. The summed E-state index contributed by atoms with van der Waals surface area (Å²) in [7, 11) is 0. The van der Waals surface area contributed by atoms with Crippen LogP contribution in [0.1, 0.15) is 41.5 Å². The first kappa shape index (κ1) is 13.6. The first-order valence-corrected chi connectivity index (χ1v) is 5.92.